The predicted octanol–water partition coefficient (Wildman–Crippen LogP) is 0.666. The molecule has 10 heavy (non-hydrogen) atoms. The van der Waals surface area contributed by atoms with Crippen LogP contribution in [0.2, 0.25) is 0 Å². The van der Waals surface area contributed by atoms with Crippen molar-refractivity contribution < 1.29 is 0 Å². The Morgan fingerprint density at radius 2 is 2.40 bits per heavy atom. The van der Waals surface area contributed by atoms with Gasteiger partial charge < -0.3 is 0 Å². The minimum Gasteiger partial charge on any atom is -0.295 e. The van der Waals surface area contributed by atoms with Crippen LogP contribution in [0, 0.1) is 0 Å². The summed E-state index contributed by atoms with van der Waals surface area (Å²) in [5.74, 6) is 0. The second kappa shape index (κ2) is 2.73. The lowest BCUT2D eigenvalue weighted by atomic mass is 10.2. The smallest absolute Gasteiger partial charge is 0.267 e. The molecule has 56 valence electrons. The number of nitrogens with one attached hydrogen (secondary N) is 1. The maximum atomic E-state index is 11.0. The largest absolute Gasteiger partial charge is 0.295 e. The lowest BCUT2D eigenvalue weighted by Crippen LogP contribution is -2.06. The summed E-state index contributed by atoms with van der Waals surface area (Å²) in [4.78, 5) is 11.0. The summed E-state index contributed by atoms with van der Waals surface area (Å²) in [6.07, 6.45) is 3.73. The average molecular weight is 140 g/mol. The zero-order chi connectivity index (χ0) is 7.56. The normalized spacial score (nSPS) is 10.2. The molecular formula is C7H12N2O. The molecule has 0 aromatic carbocycles. The molecule has 0 amide bonds. The Balaban J connectivity index is 2.92. The van der Waals surface area contributed by atoms with Gasteiger partial charge in [-0.05, 0) is 6.42 Å². The third-order valence-corrected chi connectivity index (χ3v) is 1.44. The van der Waals surface area contributed by atoms with Gasteiger partial charge in [-0.15, -0.1) is 0 Å². The van der Waals surface area contributed by atoms with Gasteiger partial charge in [-0.2, -0.15) is 0 Å². The van der Waals surface area contributed by atoms with Gasteiger partial charge in [0.05, 0.1) is 0 Å². The highest BCUT2D eigenvalue weighted by Crippen LogP contribution is 1.93. The first-order chi connectivity index (χ1) is 4.74. The highest BCUT2D eigenvalue weighted by atomic mass is 16.1. The van der Waals surface area contributed by atoms with Crippen molar-refractivity contribution >= 4 is 0 Å². The van der Waals surface area contributed by atoms with E-state index in [0.29, 0.717) is 0 Å². The number of hydrogen-bond donors (Lipinski definition) is 1. The first-order valence-electron chi connectivity index (χ1n) is 3.48. The molecule has 0 aliphatic heterocycles. The Kier molecular flexibility index (Phi) is 1.94. The van der Waals surface area contributed by atoms with E-state index in [4.69, 9.17) is 0 Å². The molecule has 1 aromatic heterocycles. The fourth-order valence-corrected chi connectivity index (χ4v) is 1.00. The monoisotopic (exact) mass is 140 g/mol. The van der Waals surface area contributed by atoms with Crippen LogP contribution in [0.25, 0.3) is 0 Å². The standard InChI is InChI=1S/C7H12N2O/c1-3-4-6-5-9(2)8-7(6)10/h5H,3-4H2,1-2H3,(H,8,10). The maximum absolute atomic E-state index is 11.0. The highest BCUT2D eigenvalue weighted by Gasteiger charge is 1.98. The van der Waals surface area contributed by atoms with E-state index >= 15 is 0 Å². The van der Waals surface area contributed by atoms with Crippen molar-refractivity contribution in [2.24, 2.45) is 7.05 Å². The molecule has 3 nitrogen and oxygen atoms in total. The number of aryl methyl sites for hydroxylation is 2. The summed E-state index contributed by atoms with van der Waals surface area (Å²) in [5.41, 5.74) is 0.925. The zero-order valence-electron chi connectivity index (χ0n) is 6.35. The molecule has 1 N–H and O–H groups in total. The molecular weight excluding hydrogens is 128 g/mol. The Morgan fingerprint density at radius 3 is 2.80 bits per heavy atom. The highest BCUT2D eigenvalue weighted by molar-refractivity contribution is 5.03. The minimum atomic E-state index is 0.0457. The van der Waals surface area contributed by atoms with Gasteiger partial charge in [0.15, 0.2) is 0 Å². The molecule has 0 atom stereocenters. The molecule has 0 saturated heterocycles. The van der Waals surface area contributed by atoms with E-state index in [9.17, 15) is 4.79 Å². The fraction of sp³-hybridized carbons (Fsp3) is 0.571. The lowest BCUT2D eigenvalue weighted by molar-refractivity contribution is 0.756. The van der Waals surface area contributed by atoms with E-state index in [-0.39, 0.29) is 5.56 Å². The van der Waals surface area contributed by atoms with Crippen LogP contribution < -0.4 is 5.56 Å². The topological polar surface area (TPSA) is 37.8 Å². The maximum Gasteiger partial charge on any atom is 0.267 e. The lowest BCUT2D eigenvalue weighted by Gasteiger charge is -1.85. The SMILES string of the molecule is CCCc1cn(C)[nH]c1=O. The molecule has 0 aliphatic carbocycles. The number of H-pyrrole nitrogens is 1. The van der Waals surface area contributed by atoms with Gasteiger partial charge in [-0.1, -0.05) is 13.3 Å². The summed E-state index contributed by atoms with van der Waals surface area (Å²) in [6, 6.07) is 0. The van der Waals surface area contributed by atoms with E-state index < -0.39 is 0 Å². The van der Waals surface area contributed by atoms with E-state index in [1.807, 2.05) is 13.2 Å². The molecule has 0 unspecified atom stereocenters. The number of rotatable bonds is 2. The second-order valence-electron chi connectivity index (χ2n) is 2.46. The van der Waals surface area contributed by atoms with Gasteiger partial charge in [-0.3, -0.25) is 14.6 Å². The van der Waals surface area contributed by atoms with Crippen LogP contribution in [-0.2, 0) is 13.5 Å². The van der Waals surface area contributed by atoms with Crippen LogP contribution in [0.1, 0.15) is 18.9 Å². The van der Waals surface area contributed by atoms with Crippen molar-refractivity contribution in [3.05, 3.63) is 22.1 Å². The first-order valence-corrected chi connectivity index (χ1v) is 3.48. The fourth-order valence-electron chi connectivity index (χ4n) is 1.00. The molecule has 1 aromatic rings. The predicted molar refractivity (Wildman–Crippen MR) is 40.0 cm³/mol. The summed E-state index contributed by atoms with van der Waals surface area (Å²) in [7, 11) is 1.82. The molecule has 1 heterocycles. The van der Waals surface area contributed by atoms with Gasteiger partial charge in [0.25, 0.3) is 5.56 Å². The van der Waals surface area contributed by atoms with E-state index in [2.05, 4.69) is 12.0 Å². The first kappa shape index (κ1) is 7.12. The van der Waals surface area contributed by atoms with Gasteiger partial charge >= 0.3 is 0 Å². The third-order valence-electron chi connectivity index (χ3n) is 1.44. The van der Waals surface area contributed by atoms with E-state index in [1.165, 1.54) is 0 Å². The van der Waals surface area contributed by atoms with Crippen LogP contribution in [-0.4, -0.2) is 9.78 Å². The molecule has 0 aliphatic rings. The van der Waals surface area contributed by atoms with Gasteiger partial charge in [0.1, 0.15) is 0 Å². The average Bonchev–Trinajstić information content (AvgIpc) is 2.13. The van der Waals surface area contributed by atoms with Crippen molar-refractivity contribution in [2.75, 3.05) is 0 Å². The Bertz CT molecular complexity index is 259. The molecule has 0 fully saturated rings. The van der Waals surface area contributed by atoms with Gasteiger partial charge in [-0.25, -0.2) is 0 Å². The van der Waals surface area contributed by atoms with Crippen molar-refractivity contribution in [3.8, 4) is 0 Å². The third kappa shape index (κ3) is 1.29. The number of hydrogen-bond acceptors (Lipinski definition) is 1. The van der Waals surface area contributed by atoms with E-state index in [1.54, 1.807) is 4.68 Å². The summed E-state index contributed by atoms with van der Waals surface area (Å²) in [6.45, 7) is 2.06. The van der Waals surface area contributed by atoms with Crippen LogP contribution in [0.5, 0.6) is 0 Å². The summed E-state index contributed by atoms with van der Waals surface area (Å²) in [5, 5.41) is 2.65. The molecule has 1 rings (SSSR count). The molecule has 0 spiro atoms. The minimum absolute atomic E-state index is 0.0457. The number of aromatic amines is 1. The second-order valence-corrected chi connectivity index (χ2v) is 2.46. The Morgan fingerprint density at radius 1 is 1.70 bits per heavy atom. The van der Waals surface area contributed by atoms with Gasteiger partial charge in [0, 0.05) is 18.8 Å². The molecule has 0 saturated carbocycles. The zero-order valence-corrected chi connectivity index (χ0v) is 6.35. The van der Waals surface area contributed by atoms with E-state index in [0.717, 1.165) is 18.4 Å². The van der Waals surface area contributed by atoms with Crippen molar-refractivity contribution in [2.45, 2.75) is 19.8 Å². The summed E-state index contributed by atoms with van der Waals surface area (Å²) < 4.78 is 1.69. The summed E-state index contributed by atoms with van der Waals surface area (Å²) >= 11 is 0. The molecule has 3 heteroatoms. The molecule has 0 radical (unpaired) electrons. The van der Waals surface area contributed by atoms with Gasteiger partial charge in [0.2, 0.25) is 0 Å². The number of aromatic nitrogens is 2. The van der Waals surface area contributed by atoms with Crippen LogP contribution in [0.15, 0.2) is 11.0 Å². The number of nitrogens with zero attached hydrogens (tertiary/aromatic N) is 1. The van der Waals surface area contributed by atoms with Crippen LogP contribution in [0.3, 0.4) is 0 Å². The Labute approximate surface area is 59.7 Å². The van der Waals surface area contributed by atoms with Crippen molar-refractivity contribution in [1.82, 2.24) is 9.78 Å². The quantitative estimate of drug-likeness (QED) is 0.644. The Hall–Kier alpha value is -0.990. The van der Waals surface area contributed by atoms with Crippen LogP contribution >= 0.6 is 0 Å². The van der Waals surface area contributed by atoms with Crippen molar-refractivity contribution in [1.29, 1.82) is 0 Å². The van der Waals surface area contributed by atoms with Crippen molar-refractivity contribution in [3.63, 3.8) is 0 Å². The molecule has 0 bridgehead atoms. The van der Waals surface area contributed by atoms with Crippen LogP contribution in [0.4, 0.5) is 0 Å².